The van der Waals surface area contributed by atoms with Gasteiger partial charge in [0.2, 0.25) is 0 Å². The predicted molar refractivity (Wildman–Crippen MR) is 74.8 cm³/mol. The van der Waals surface area contributed by atoms with Gasteiger partial charge in [-0.05, 0) is 30.3 Å². The minimum atomic E-state index is -4.54. The van der Waals surface area contributed by atoms with Gasteiger partial charge in [0.15, 0.2) is 5.76 Å². The molecule has 0 fully saturated rings. The van der Waals surface area contributed by atoms with Crippen LogP contribution in [0.5, 0.6) is 0 Å². The monoisotopic (exact) mass is 328 g/mol. The van der Waals surface area contributed by atoms with Crippen molar-refractivity contribution in [1.29, 1.82) is 0 Å². The molecule has 22 heavy (non-hydrogen) atoms. The molecule has 4 nitrogen and oxygen atoms in total. The summed E-state index contributed by atoms with van der Waals surface area (Å²) >= 11 is 5.91. The average molecular weight is 329 g/mol. The molecule has 0 radical (unpaired) electrons. The van der Waals surface area contributed by atoms with Crippen LogP contribution in [0.25, 0.3) is 22.4 Å². The van der Waals surface area contributed by atoms with E-state index in [2.05, 4.69) is 4.98 Å². The zero-order chi connectivity index (χ0) is 15.9. The standard InChI is InChI=1S/C14H8ClF3N2O2/c15-8-3-4-10-9(6-8)12(11-2-1-5-22-11)19-13(21)20(10)7-14(16,17)18/h1-6H,7H2. The summed E-state index contributed by atoms with van der Waals surface area (Å²) in [7, 11) is 0. The van der Waals surface area contributed by atoms with Crippen molar-refractivity contribution in [3.05, 3.63) is 52.1 Å². The number of aromatic nitrogens is 2. The molecule has 0 saturated heterocycles. The number of benzene rings is 1. The second kappa shape index (κ2) is 5.17. The van der Waals surface area contributed by atoms with Crippen LogP contribution >= 0.6 is 11.6 Å². The van der Waals surface area contributed by atoms with E-state index in [0.29, 0.717) is 15.0 Å². The van der Waals surface area contributed by atoms with Gasteiger partial charge < -0.3 is 4.42 Å². The molecule has 8 heteroatoms. The highest BCUT2D eigenvalue weighted by Gasteiger charge is 2.30. The highest BCUT2D eigenvalue weighted by molar-refractivity contribution is 6.31. The van der Waals surface area contributed by atoms with Crippen LogP contribution in [0.2, 0.25) is 5.02 Å². The zero-order valence-corrected chi connectivity index (χ0v) is 11.6. The summed E-state index contributed by atoms with van der Waals surface area (Å²) in [6.45, 7) is -1.42. The number of furan rings is 1. The van der Waals surface area contributed by atoms with Crippen LogP contribution in [-0.4, -0.2) is 15.7 Å². The maximum absolute atomic E-state index is 12.7. The lowest BCUT2D eigenvalue weighted by Gasteiger charge is -2.13. The highest BCUT2D eigenvalue weighted by Crippen LogP contribution is 2.29. The molecular formula is C14H8ClF3N2O2. The van der Waals surface area contributed by atoms with Crippen LogP contribution in [0.1, 0.15) is 0 Å². The van der Waals surface area contributed by atoms with Gasteiger partial charge in [0.25, 0.3) is 0 Å². The van der Waals surface area contributed by atoms with Crippen LogP contribution in [0.15, 0.2) is 45.8 Å². The average Bonchev–Trinajstić information content (AvgIpc) is 2.94. The lowest BCUT2D eigenvalue weighted by molar-refractivity contribution is -0.140. The lowest BCUT2D eigenvalue weighted by atomic mass is 10.1. The fraction of sp³-hybridized carbons (Fsp3) is 0.143. The maximum Gasteiger partial charge on any atom is 0.406 e. The number of rotatable bonds is 2. The number of nitrogens with zero attached hydrogens (tertiary/aromatic N) is 2. The first-order valence-electron chi connectivity index (χ1n) is 6.16. The molecule has 0 aliphatic carbocycles. The van der Waals surface area contributed by atoms with E-state index >= 15 is 0 Å². The molecule has 3 rings (SSSR count). The van der Waals surface area contributed by atoms with Gasteiger partial charge in [0.05, 0.1) is 11.8 Å². The van der Waals surface area contributed by atoms with E-state index in [-0.39, 0.29) is 17.0 Å². The predicted octanol–water partition coefficient (Wildman–Crippen LogP) is 3.87. The molecular weight excluding hydrogens is 321 g/mol. The van der Waals surface area contributed by atoms with Crippen LogP contribution in [0, 0.1) is 0 Å². The minimum Gasteiger partial charge on any atom is -0.463 e. The molecule has 0 aliphatic rings. The number of hydrogen-bond acceptors (Lipinski definition) is 3. The lowest BCUT2D eigenvalue weighted by Crippen LogP contribution is -2.30. The molecule has 0 N–H and O–H groups in total. The van der Waals surface area contributed by atoms with Gasteiger partial charge in [-0.25, -0.2) is 4.79 Å². The molecule has 114 valence electrons. The van der Waals surface area contributed by atoms with Crippen LogP contribution in [-0.2, 0) is 6.54 Å². The Kier molecular flexibility index (Phi) is 3.44. The van der Waals surface area contributed by atoms with E-state index in [1.165, 1.54) is 24.5 Å². The van der Waals surface area contributed by atoms with E-state index in [4.69, 9.17) is 16.0 Å². The molecule has 3 aromatic rings. The second-order valence-corrected chi connectivity index (χ2v) is 5.02. The summed E-state index contributed by atoms with van der Waals surface area (Å²) in [5, 5.41) is 0.630. The third-order valence-electron chi connectivity index (χ3n) is 3.03. The van der Waals surface area contributed by atoms with Crippen molar-refractivity contribution >= 4 is 22.5 Å². The molecule has 2 heterocycles. The number of hydrogen-bond donors (Lipinski definition) is 0. The summed E-state index contributed by atoms with van der Waals surface area (Å²) in [6.07, 6.45) is -3.15. The Labute approximate surface area is 126 Å². The van der Waals surface area contributed by atoms with Crippen molar-refractivity contribution in [3.63, 3.8) is 0 Å². The third kappa shape index (κ3) is 2.71. The number of alkyl halides is 3. The quantitative estimate of drug-likeness (QED) is 0.717. The molecule has 1 aromatic carbocycles. The third-order valence-corrected chi connectivity index (χ3v) is 3.27. The minimum absolute atomic E-state index is 0.0909. The van der Waals surface area contributed by atoms with Gasteiger partial charge >= 0.3 is 11.9 Å². The van der Waals surface area contributed by atoms with E-state index in [0.717, 1.165) is 0 Å². The normalized spacial score (nSPS) is 12.0. The van der Waals surface area contributed by atoms with Crippen LogP contribution < -0.4 is 5.69 Å². The van der Waals surface area contributed by atoms with Crippen molar-refractivity contribution in [1.82, 2.24) is 9.55 Å². The van der Waals surface area contributed by atoms with Crippen LogP contribution in [0.3, 0.4) is 0 Å². The SMILES string of the molecule is O=c1nc(-c2ccco2)c2cc(Cl)ccc2n1CC(F)(F)F. The number of halogens is 4. The van der Waals surface area contributed by atoms with Crippen molar-refractivity contribution in [2.45, 2.75) is 12.7 Å². The van der Waals surface area contributed by atoms with Crippen molar-refractivity contribution in [2.75, 3.05) is 0 Å². The topological polar surface area (TPSA) is 48.0 Å². The first-order chi connectivity index (χ1) is 10.3. The zero-order valence-electron chi connectivity index (χ0n) is 10.9. The summed E-state index contributed by atoms with van der Waals surface area (Å²) in [6, 6.07) is 7.39. The Bertz CT molecular complexity index is 885. The molecule has 2 aromatic heterocycles. The fourth-order valence-corrected chi connectivity index (χ4v) is 2.36. The molecule has 0 atom stereocenters. The molecule has 0 bridgehead atoms. The van der Waals surface area contributed by atoms with Gasteiger partial charge in [-0.15, -0.1) is 0 Å². The summed E-state index contributed by atoms with van der Waals surface area (Å²) in [5.41, 5.74) is -0.752. The van der Waals surface area contributed by atoms with Gasteiger partial charge in [-0.1, -0.05) is 11.6 Å². The Morgan fingerprint density at radius 1 is 1.27 bits per heavy atom. The number of fused-ring (bicyclic) bond motifs is 1. The Balaban J connectivity index is 2.35. The van der Waals surface area contributed by atoms with E-state index in [1.54, 1.807) is 12.1 Å². The molecule has 0 amide bonds. The summed E-state index contributed by atoms with van der Waals surface area (Å²) < 4.78 is 43.8. The maximum atomic E-state index is 12.7. The van der Waals surface area contributed by atoms with E-state index in [9.17, 15) is 18.0 Å². The summed E-state index contributed by atoms with van der Waals surface area (Å²) in [5.74, 6) is 0.281. The first-order valence-corrected chi connectivity index (χ1v) is 6.54. The Hall–Kier alpha value is -2.28. The smallest absolute Gasteiger partial charge is 0.406 e. The highest BCUT2D eigenvalue weighted by atomic mass is 35.5. The van der Waals surface area contributed by atoms with E-state index in [1.807, 2.05) is 0 Å². The van der Waals surface area contributed by atoms with Gasteiger partial charge in [0, 0.05) is 10.4 Å². The van der Waals surface area contributed by atoms with Crippen molar-refractivity contribution in [2.24, 2.45) is 0 Å². The van der Waals surface area contributed by atoms with Gasteiger partial charge in [-0.2, -0.15) is 18.2 Å². The molecule has 0 aliphatic heterocycles. The summed E-state index contributed by atoms with van der Waals surface area (Å²) in [4.78, 5) is 15.7. The Morgan fingerprint density at radius 2 is 2.05 bits per heavy atom. The van der Waals surface area contributed by atoms with Crippen molar-refractivity contribution < 1.29 is 17.6 Å². The van der Waals surface area contributed by atoms with Crippen LogP contribution in [0.4, 0.5) is 13.2 Å². The molecule has 0 spiro atoms. The molecule has 0 unspecified atom stereocenters. The van der Waals surface area contributed by atoms with Gasteiger partial charge in [-0.3, -0.25) is 4.57 Å². The Morgan fingerprint density at radius 3 is 2.68 bits per heavy atom. The van der Waals surface area contributed by atoms with Crippen molar-refractivity contribution in [3.8, 4) is 11.5 Å². The fourth-order valence-electron chi connectivity index (χ4n) is 2.19. The second-order valence-electron chi connectivity index (χ2n) is 4.58. The van der Waals surface area contributed by atoms with Gasteiger partial charge in [0.1, 0.15) is 12.2 Å². The van der Waals surface area contributed by atoms with E-state index < -0.39 is 18.4 Å². The molecule has 0 saturated carbocycles. The first kappa shape index (κ1) is 14.6. The largest absolute Gasteiger partial charge is 0.463 e.